The Morgan fingerprint density at radius 1 is 0.420 bits per heavy atom. The second-order valence-electron chi connectivity index (χ2n) is 24.1. The van der Waals surface area contributed by atoms with Crippen LogP contribution in [0.15, 0.2) is 164 Å². The van der Waals surface area contributed by atoms with Gasteiger partial charge in [-0.15, -0.1) is 0 Å². The highest BCUT2D eigenvalue weighted by molar-refractivity contribution is 6.94. The van der Waals surface area contributed by atoms with Gasteiger partial charge in [0.15, 0.2) is 0 Å². The van der Waals surface area contributed by atoms with E-state index in [1.807, 2.05) is 0 Å². The van der Waals surface area contributed by atoms with Crippen LogP contribution in [0.4, 0.5) is 11.4 Å². The van der Waals surface area contributed by atoms with Crippen LogP contribution in [0.1, 0.15) is 88.2 Å². The Labute approximate surface area is 406 Å². The fraction of sp³-hybridized carbons (Fsp3) is 0.303. The van der Waals surface area contributed by atoms with Gasteiger partial charge in [-0.2, -0.15) is 0 Å². The van der Waals surface area contributed by atoms with Crippen LogP contribution in [0.5, 0.6) is 0 Å². The lowest BCUT2D eigenvalue weighted by Crippen LogP contribution is -2.61. The van der Waals surface area contributed by atoms with Crippen molar-refractivity contribution in [1.82, 2.24) is 4.57 Å². The molecule has 19 rings (SSSR count). The zero-order chi connectivity index (χ0) is 44.7. The average Bonchev–Trinajstić information content (AvgIpc) is 3.71. The highest BCUT2D eigenvalue weighted by Gasteiger charge is 2.54. The average molecular weight is 889 g/mol. The molecule has 2 aliphatic heterocycles. The molecule has 8 aliphatic carbocycles. The third kappa shape index (κ3) is 5.35. The van der Waals surface area contributed by atoms with Crippen LogP contribution in [0, 0.1) is 35.5 Å². The zero-order valence-corrected chi connectivity index (χ0v) is 39.5. The quantitative estimate of drug-likeness (QED) is 0.156. The van der Waals surface area contributed by atoms with Gasteiger partial charge in [0.05, 0.1) is 16.7 Å². The maximum atomic E-state index is 2.81. The summed E-state index contributed by atoms with van der Waals surface area (Å²) in [6.45, 7) is -0.00643. The molecule has 0 unspecified atom stereocenters. The summed E-state index contributed by atoms with van der Waals surface area (Å²) < 4.78 is 2.80. The number of benzene rings is 8. The van der Waals surface area contributed by atoms with Crippen LogP contribution in [0.2, 0.25) is 0 Å². The number of rotatable bonds is 5. The van der Waals surface area contributed by atoms with Crippen LogP contribution >= 0.6 is 0 Å². The Kier molecular flexibility index (Phi) is 7.66. The van der Waals surface area contributed by atoms with Crippen molar-refractivity contribution in [2.24, 2.45) is 35.5 Å². The van der Waals surface area contributed by atoms with Gasteiger partial charge in [0, 0.05) is 33.1 Å². The molecule has 2 nitrogen and oxygen atoms in total. The number of anilines is 2. The summed E-state index contributed by atoms with van der Waals surface area (Å²) in [7, 11) is 0. The van der Waals surface area contributed by atoms with E-state index in [4.69, 9.17) is 0 Å². The monoisotopic (exact) mass is 888 g/mol. The molecule has 10 aliphatic rings. The minimum atomic E-state index is -0.00643. The topological polar surface area (TPSA) is 8.17 Å². The first-order valence-electron chi connectivity index (χ1n) is 26.9. The van der Waals surface area contributed by atoms with Gasteiger partial charge in [-0.25, -0.2) is 0 Å². The standard InChI is InChI=1S/C66H57BN2/c1-3-9-46(10-4-1)48-15-19-53(20-16-48)69-61-21-17-49(47-11-5-2-6-12-47)29-55(61)57-30-50-13-7-8-14-54(50)64-62(57)67(69)59-33-52(66-37-43-26-44(38-66)28-45(27-43)39-66)32-58-56-31-51(18-22-60(56)68(64)63(58)59)65-34-40-23-41(35-65)25-42(24-40)36-65/h1-22,29-33,40-45H,23-28,34-39H2. The highest BCUT2D eigenvalue weighted by Crippen LogP contribution is 2.63. The predicted octanol–water partition coefficient (Wildman–Crippen LogP) is 15.4. The first-order chi connectivity index (χ1) is 34.0. The van der Waals surface area contributed by atoms with Crippen molar-refractivity contribution < 1.29 is 0 Å². The van der Waals surface area contributed by atoms with Crippen molar-refractivity contribution in [2.75, 3.05) is 4.81 Å². The molecular weight excluding hydrogens is 832 g/mol. The van der Waals surface area contributed by atoms with Crippen molar-refractivity contribution >= 4 is 61.7 Å². The van der Waals surface area contributed by atoms with E-state index in [1.54, 1.807) is 11.1 Å². The zero-order valence-electron chi connectivity index (χ0n) is 39.5. The predicted molar refractivity (Wildman–Crippen MR) is 288 cm³/mol. The molecule has 8 saturated carbocycles. The molecule has 0 radical (unpaired) electrons. The van der Waals surface area contributed by atoms with E-state index >= 15 is 0 Å². The Balaban J connectivity index is 0.982. The number of hydrogen-bond donors (Lipinski definition) is 0. The van der Waals surface area contributed by atoms with Gasteiger partial charge in [0.2, 0.25) is 0 Å². The van der Waals surface area contributed by atoms with Gasteiger partial charge in [0.1, 0.15) is 0 Å². The maximum Gasteiger partial charge on any atom is 0.333 e. The number of nitrogens with zero attached hydrogens (tertiary/aromatic N) is 2. The highest BCUT2D eigenvalue weighted by atomic mass is 15.1. The van der Waals surface area contributed by atoms with Crippen molar-refractivity contribution in [3.05, 3.63) is 175 Å². The minimum absolute atomic E-state index is 0.00643. The normalized spacial score (nSPS) is 28.5. The minimum Gasteiger partial charge on any atom is -0.376 e. The number of hydrogen-bond acceptors (Lipinski definition) is 1. The van der Waals surface area contributed by atoms with Crippen molar-refractivity contribution in [2.45, 2.75) is 87.9 Å². The Bertz CT molecular complexity index is 3570. The molecular formula is C66H57BN2. The lowest BCUT2D eigenvalue weighted by Gasteiger charge is -2.57. The van der Waals surface area contributed by atoms with E-state index in [2.05, 4.69) is 173 Å². The first kappa shape index (κ1) is 38.5. The fourth-order valence-electron chi connectivity index (χ4n) is 18.3. The molecule has 8 bridgehead atoms. The second kappa shape index (κ2) is 13.7. The summed E-state index contributed by atoms with van der Waals surface area (Å²) in [6.07, 6.45) is 17.1. The summed E-state index contributed by atoms with van der Waals surface area (Å²) in [5, 5.41) is 5.66. The molecule has 9 aromatic rings. The molecule has 3 heteroatoms. The largest absolute Gasteiger partial charge is 0.376 e. The molecule has 8 aromatic carbocycles. The van der Waals surface area contributed by atoms with Crippen LogP contribution in [0.3, 0.4) is 0 Å². The van der Waals surface area contributed by atoms with E-state index in [1.165, 1.54) is 171 Å². The van der Waals surface area contributed by atoms with Crippen molar-refractivity contribution in [1.29, 1.82) is 0 Å². The van der Waals surface area contributed by atoms with Crippen LogP contribution < -0.4 is 15.7 Å². The van der Waals surface area contributed by atoms with Gasteiger partial charge in [-0.05, 0) is 227 Å². The number of fused-ring (bicyclic) bond motifs is 9. The summed E-state index contributed by atoms with van der Waals surface area (Å²) in [4.78, 5) is 2.78. The van der Waals surface area contributed by atoms with E-state index in [0.29, 0.717) is 5.41 Å². The molecule has 0 spiro atoms. The van der Waals surface area contributed by atoms with Crippen LogP contribution in [0.25, 0.3) is 71.6 Å². The molecule has 8 fully saturated rings. The maximum absolute atomic E-state index is 2.81. The SMILES string of the molecule is c1ccc(-c2ccc(N3B4c5c(cc6ccccc6c5-n5c6ccc(C78CC9CC(CC(C9)C7)C8)cc6c6cc(C78CC9CC(CC(C9)C7)C8)cc4c65)-c4cc(-c5ccccc5)ccc43)cc2)cc1. The second-order valence-corrected chi connectivity index (χ2v) is 24.1. The lowest BCUT2D eigenvalue weighted by molar-refractivity contribution is -0.00526. The van der Waals surface area contributed by atoms with Gasteiger partial charge >= 0.3 is 6.85 Å². The van der Waals surface area contributed by atoms with Crippen LogP contribution in [-0.4, -0.2) is 11.4 Å². The van der Waals surface area contributed by atoms with E-state index < -0.39 is 0 Å². The molecule has 0 atom stereocenters. The third-order valence-corrected chi connectivity index (χ3v) is 20.2. The lowest BCUT2D eigenvalue weighted by atomic mass is 9.42. The van der Waals surface area contributed by atoms with Gasteiger partial charge in [-0.3, -0.25) is 0 Å². The summed E-state index contributed by atoms with van der Waals surface area (Å²) in [5.74, 6) is 5.39. The van der Waals surface area contributed by atoms with Gasteiger partial charge in [-0.1, -0.05) is 115 Å². The Morgan fingerprint density at radius 2 is 0.971 bits per heavy atom. The Hall–Kier alpha value is -6.32. The summed E-state index contributed by atoms with van der Waals surface area (Å²) in [5.41, 5.74) is 21.3. The van der Waals surface area contributed by atoms with Crippen molar-refractivity contribution in [3.63, 3.8) is 0 Å². The molecule has 334 valence electrons. The fourth-order valence-corrected chi connectivity index (χ4v) is 18.3. The molecule has 0 amide bonds. The van der Waals surface area contributed by atoms with Gasteiger partial charge in [0.25, 0.3) is 0 Å². The molecule has 0 saturated heterocycles. The smallest absolute Gasteiger partial charge is 0.333 e. The molecule has 3 heterocycles. The number of aromatic nitrogens is 1. The molecule has 69 heavy (non-hydrogen) atoms. The van der Waals surface area contributed by atoms with Crippen molar-refractivity contribution in [3.8, 4) is 39.1 Å². The third-order valence-electron chi connectivity index (χ3n) is 20.2. The van der Waals surface area contributed by atoms with E-state index in [-0.39, 0.29) is 12.3 Å². The molecule has 0 N–H and O–H groups in total. The van der Waals surface area contributed by atoms with E-state index in [9.17, 15) is 0 Å². The van der Waals surface area contributed by atoms with Gasteiger partial charge < -0.3 is 9.38 Å². The summed E-state index contributed by atoms with van der Waals surface area (Å²) >= 11 is 0. The molecule has 1 aromatic heterocycles. The van der Waals surface area contributed by atoms with Crippen LogP contribution in [-0.2, 0) is 10.8 Å². The summed E-state index contributed by atoms with van der Waals surface area (Å²) in [6, 6.07) is 64.4. The first-order valence-corrected chi connectivity index (χ1v) is 26.9. The Morgan fingerprint density at radius 3 is 1.62 bits per heavy atom. The van der Waals surface area contributed by atoms with E-state index in [0.717, 1.165) is 35.5 Å².